The van der Waals surface area contributed by atoms with Gasteiger partial charge in [-0.15, -0.1) is 0 Å². The average molecular weight is 183 g/mol. The van der Waals surface area contributed by atoms with Crippen LogP contribution in [-0.4, -0.2) is 5.11 Å². The number of benzene rings is 1. The lowest BCUT2D eigenvalue weighted by molar-refractivity contribution is 0.280. The van der Waals surface area contributed by atoms with E-state index in [2.05, 4.69) is 0 Å². The Labute approximate surface area is 77.0 Å². The first kappa shape index (κ1) is 8.09. The second-order valence-corrected chi connectivity index (χ2v) is 3.65. The molecule has 1 aliphatic carbocycles. The molecule has 2 heteroatoms. The summed E-state index contributed by atoms with van der Waals surface area (Å²) in [5.41, 5.74) is 3.66. The summed E-state index contributed by atoms with van der Waals surface area (Å²) in [6, 6.07) is 3.88. The highest BCUT2D eigenvalue weighted by Gasteiger charge is 2.14. The van der Waals surface area contributed by atoms with E-state index in [0.29, 0.717) is 0 Å². The number of hydrogen-bond donors (Lipinski definition) is 1. The summed E-state index contributed by atoms with van der Waals surface area (Å²) < 4.78 is 0. The maximum Gasteiger partial charge on any atom is 0.0685 e. The van der Waals surface area contributed by atoms with Crippen molar-refractivity contribution < 1.29 is 5.11 Å². The number of halogens is 1. The highest BCUT2D eigenvalue weighted by atomic mass is 35.5. The SMILES string of the molecule is OCc1cc(Cl)cc2c1CCC2. The Hall–Kier alpha value is -0.530. The fraction of sp³-hybridized carbons (Fsp3) is 0.400. The summed E-state index contributed by atoms with van der Waals surface area (Å²) in [5.74, 6) is 0. The van der Waals surface area contributed by atoms with Crippen molar-refractivity contribution in [2.45, 2.75) is 25.9 Å². The zero-order chi connectivity index (χ0) is 8.55. The van der Waals surface area contributed by atoms with Gasteiger partial charge in [-0.2, -0.15) is 0 Å². The van der Waals surface area contributed by atoms with Gasteiger partial charge < -0.3 is 5.11 Å². The molecule has 0 radical (unpaired) electrons. The molecule has 1 aromatic carbocycles. The molecule has 0 fully saturated rings. The van der Waals surface area contributed by atoms with E-state index in [1.807, 2.05) is 12.1 Å². The first-order valence-corrected chi connectivity index (χ1v) is 4.60. The molecular formula is C10H11ClO. The Bertz CT molecular complexity index is 307. The Kier molecular flexibility index (Phi) is 2.07. The van der Waals surface area contributed by atoms with Crippen molar-refractivity contribution in [1.29, 1.82) is 0 Å². The summed E-state index contributed by atoms with van der Waals surface area (Å²) in [5, 5.41) is 9.82. The van der Waals surface area contributed by atoms with E-state index in [1.165, 1.54) is 17.5 Å². The molecule has 0 saturated carbocycles. The Morgan fingerprint density at radius 3 is 2.92 bits per heavy atom. The lowest BCUT2D eigenvalue weighted by Gasteiger charge is -2.05. The quantitative estimate of drug-likeness (QED) is 0.707. The van der Waals surface area contributed by atoms with Crippen LogP contribution in [0.1, 0.15) is 23.1 Å². The van der Waals surface area contributed by atoms with Gasteiger partial charge in [0.1, 0.15) is 0 Å². The lowest BCUT2D eigenvalue weighted by Crippen LogP contribution is -1.92. The van der Waals surface area contributed by atoms with Crippen molar-refractivity contribution in [3.05, 3.63) is 33.8 Å². The topological polar surface area (TPSA) is 20.2 Å². The smallest absolute Gasteiger partial charge is 0.0685 e. The highest BCUT2D eigenvalue weighted by Crippen LogP contribution is 2.28. The van der Waals surface area contributed by atoms with Crippen molar-refractivity contribution in [1.82, 2.24) is 0 Å². The van der Waals surface area contributed by atoms with Gasteiger partial charge in [0.2, 0.25) is 0 Å². The predicted octanol–water partition coefficient (Wildman–Crippen LogP) is 2.32. The van der Waals surface area contributed by atoms with E-state index in [9.17, 15) is 0 Å². The summed E-state index contributed by atoms with van der Waals surface area (Å²) in [6.07, 6.45) is 3.41. The molecule has 1 N–H and O–H groups in total. The van der Waals surface area contributed by atoms with Gasteiger partial charge in [0.25, 0.3) is 0 Å². The van der Waals surface area contributed by atoms with Crippen LogP contribution in [0.15, 0.2) is 12.1 Å². The standard InChI is InChI=1S/C10H11ClO/c11-9-4-7-2-1-3-10(7)8(5-9)6-12/h4-5,12H,1-3,6H2. The molecule has 0 aromatic heterocycles. The molecule has 1 aliphatic rings. The number of rotatable bonds is 1. The maximum atomic E-state index is 9.07. The minimum atomic E-state index is 0.114. The van der Waals surface area contributed by atoms with Crippen molar-refractivity contribution in [2.24, 2.45) is 0 Å². The van der Waals surface area contributed by atoms with Gasteiger partial charge in [0.05, 0.1) is 6.61 Å². The monoisotopic (exact) mass is 182 g/mol. The van der Waals surface area contributed by atoms with Crippen LogP contribution in [-0.2, 0) is 19.4 Å². The molecule has 64 valence electrons. The summed E-state index contributed by atoms with van der Waals surface area (Å²) in [6.45, 7) is 0.114. The third-order valence-corrected chi connectivity index (χ3v) is 2.66. The molecule has 0 aliphatic heterocycles. The normalized spacial score (nSPS) is 14.8. The number of aliphatic hydroxyl groups excluding tert-OH is 1. The van der Waals surface area contributed by atoms with E-state index in [0.717, 1.165) is 23.4 Å². The Balaban J connectivity index is 2.55. The van der Waals surface area contributed by atoms with E-state index < -0.39 is 0 Å². The van der Waals surface area contributed by atoms with Gasteiger partial charge in [0.15, 0.2) is 0 Å². The molecule has 0 atom stereocenters. The number of aryl methyl sites for hydroxylation is 1. The largest absolute Gasteiger partial charge is 0.392 e. The molecule has 2 rings (SSSR count). The summed E-state index contributed by atoms with van der Waals surface area (Å²) in [7, 11) is 0. The van der Waals surface area contributed by atoms with E-state index in [4.69, 9.17) is 16.7 Å². The van der Waals surface area contributed by atoms with Gasteiger partial charge in [-0.05, 0) is 48.1 Å². The van der Waals surface area contributed by atoms with Gasteiger partial charge in [-0.3, -0.25) is 0 Å². The minimum absolute atomic E-state index is 0.114. The average Bonchev–Trinajstić information content (AvgIpc) is 2.50. The molecular weight excluding hydrogens is 172 g/mol. The van der Waals surface area contributed by atoms with Crippen LogP contribution in [0.4, 0.5) is 0 Å². The Morgan fingerprint density at radius 2 is 2.17 bits per heavy atom. The number of aliphatic hydroxyl groups is 1. The second-order valence-electron chi connectivity index (χ2n) is 3.21. The summed E-state index contributed by atoms with van der Waals surface area (Å²) in [4.78, 5) is 0. The molecule has 1 aromatic rings. The number of hydrogen-bond acceptors (Lipinski definition) is 1. The fourth-order valence-electron chi connectivity index (χ4n) is 1.90. The highest BCUT2D eigenvalue weighted by molar-refractivity contribution is 6.30. The molecule has 0 saturated heterocycles. The van der Waals surface area contributed by atoms with Gasteiger partial charge in [-0.25, -0.2) is 0 Å². The molecule has 0 bridgehead atoms. The van der Waals surface area contributed by atoms with Crippen LogP contribution in [0, 0.1) is 0 Å². The first-order chi connectivity index (χ1) is 5.81. The predicted molar refractivity (Wildman–Crippen MR) is 49.4 cm³/mol. The van der Waals surface area contributed by atoms with Crippen molar-refractivity contribution in [3.63, 3.8) is 0 Å². The summed E-state index contributed by atoms with van der Waals surface area (Å²) >= 11 is 5.90. The molecule has 0 unspecified atom stereocenters. The van der Waals surface area contributed by atoms with E-state index >= 15 is 0 Å². The van der Waals surface area contributed by atoms with E-state index in [1.54, 1.807) is 0 Å². The maximum absolute atomic E-state index is 9.07. The van der Waals surface area contributed by atoms with Gasteiger partial charge in [0, 0.05) is 5.02 Å². The van der Waals surface area contributed by atoms with Crippen LogP contribution in [0.3, 0.4) is 0 Å². The minimum Gasteiger partial charge on any atom is -0.392 e. The first-order valence-electron chi connectivity index (χ1n) is 4.22. The third kappa shape index (κ3) is 1.23. The van der Waals surface area contributed by atoms with Crippen LogP contribution in [0.2, 0.25) is 5.02 Å². The molecule has 0 heterocycles. The lowest BCUT2D eigenvalue weighted by atomic mass is 10.0. The van der Waals surface area contributed by atoms with Gasteiger partial charge in [-0.1, -0.05) is 11.6 Å². The Morgan fingerprint density at radius 1 is 1.33 bits per heavy atom. The van der Waals surface area contributed by atoms with Crippen LogP contribution < -0.4 is 0 Å². The van der Waals surface area contributed by atoms with Crippen LogP contribution in [0.25, 0.3) is 0 Å². The van der Waals surface area contributed by atoms with Crippen molar-refractivity contribution in [3.8, 4) is 0 Å². The zero-order valence-electron chi connectivity index (χ0n) is 6.81. The third-order valence-electron chi connectivity index (χ3n) is 2.44. The fourth-order valence-corrected chi connectivity index (χ4v) is 2.16. The molecule has 12 heavy (non-hydrogen) atoms. The molecule has 0 spiro atoms. The molecule has 1 nitrogen and oxygen atoms in total. The zero-order valence-corrected chi connectivity index (χ0v) is 7.56. The van der Waals surface area contributed by atoms with E-state index in [-0.39, 0.29) is 6.61 Å². The van der Waals surface area contributed by atoms with Crippen LogP contribution >= 0.6 is 11.6 Å². The van der Waals surface area contributed by atoms with Gasteiger partial charge >= 0.3 is 0 Å². The van der Waals surface area contributed by atoms with Crippen molar-refractivity contribution >= 4 is 11.6 Å². The van der Waals surface area contributed by atoms with Crippen molar-refractivity contribution in [2.75, 3.05) is 0 Å². The van der Waals surface area contributed by atoms with Crippen LogP contribution in [0.5, 0.6) is 0 Å². The molecule has 0 amide bonds. The second kappa shape index (κ2) is 3.08. The number of fused-ring (bicyclic) bond motifs is 1.